The molecule has 2 aromatic carbocycles. The number of nitrogens with zero attached hydrogens (tertiary/aromatic N) is 4. The van der Waals surface area contributed by atoms with E-state index in [0.717, 1.165) is 16.9 Å². The number of aromatic nitrogens is 2. The first-order chi connectivity index (χ1) is 14.5. The number of hydrogen-bond donors (Lipinski definition) is 0. The van der Waals surface area contributed by atoms with E-state index in [9.17, 15) is 9.59 Å². The number of aryl methyl sites for hydroxylation is 1. The Morgan fingerprint density at radius 3 is 2.37 bits per heavy atom. The molecule has 154 valence electrons. The minimum atomic E-state index is -0.197. The number of methoxy groups -OCH3 is 1. The van der Waals surface area contributed by atoms with Gasteiger partial charge in [0.15, 0.2) is 0 Å². The van der Waals surface area contributed by atoms with Crippen LogP contribution in [-0.4, -0.2) is 53.9 Å². The molecule has 0 unspecified atom stereocenters. The summed E-state index contributed by atoms with van der Waals surface area (Å²) in [7, 11) is 1.60. The Labute approximate surface area is 175 Å². The van der Waals surface area contributed by atoms with Crippen LogP contribution in [0.2, 0.25) is 0 Å². The first-order valence-corrected chi connectivity index (χ1v) is 9.91. The molecule has 0 aliphatic carbocycles. The van der Waals surface area contributed by atoms with Gasteiger partial charge in [-0.05, 0) is 49.4 Å². The molecular formula is C23H24N4O3. The van der Waals surface area contributed by atoms with Gasteiger partial charge in [-0.2, -0.15) is 4.68 Å². The van der Waals surface area contributed by atoms with Gasteiger partial charge >= 0.3 is 0 Å². The van der Waals surface area contributed by atoms with Crippen LogP contribution in [0.1, 0.15) is 15.9 Å². The van der Waals surface area contributed by atoms with Crippen LogP contribution in [0.5, 0.6) is 5.75 Å². The molecule has 7 heteroatoms. The SMILES string of the molecule is COc1ccc(-n2nc(N3CCN(C(=O)c4cccc(C)c4)CC3)ccc2=O)cc1. The van der Waals surface area contributed by atoms with Gasteiger partial charge in [-0.25, -0.2) is 0 Å². The molecule has 30 heavy (non-hydrogen) atoms. The highest BCUT2D eigenvalue weighted by molar-refractivity contribution is 5.94. The smallest absolute Gasteiger partial charge is 0.271 e. The van der Waals surface area contributed by atoms with Gasteiger partial charge in [0.05, 0.1) is 12.8 Å². The lowest BCUT2D eigenvalue weighted by Crippen LogP contribution is -2.49. The van der Waals surface area contributed by atoms with Gasteiger partial charge < -0.3 is 14.5 Å². The Hall–Kier alpha value is -3.61. The molecule has 1 aliphatic heterocycles. The number of carbonyl (C=O) groups is 1. The van der Waals surface area contributed by atoms with E-state index in [1.54, 1.807) is 37.4 Å². The normalized spacial score (nSPS) is 13.9. The summed E-state index contributed by atoms with van der Waals surface area (Å²) in [6.45, 7) is 4.51. The van der Waals surface area contributed by atoms with Crippen LogP contribution in [0, 0.1) is 6.92 Å². The highest BCUT2D eigenvalue weighted by Gasteiger charge is 2.23. The monoisotopic (exact) mass is 404 g/mol. The second-order valence-corrected chi connectivity index (χ2v) is 7.29. The van der Waals surface area contributed by atoms with Crippen LogP contribution < -0.4 is 15.2 Å². The van der Waals surface area contributed by atoms with Crippen LogP contribution in [0.25, 0.3) is 5.69 Å². The molecular weight excluding hydrogens is 380 g/mol. The summed E-state index contributed by atoms with van der Waals surface area (Å²) >= 11 is 0. The second-order valence-electron chi connectivity index (χ2n) is 7.29. The number of amides is 1. The average Bonchev–Trinajstić information content (AvgIpc) is 2.79. The molecule has 0 spiro atoms. The quantitative estimate of drug-likeness (QED) is 0.668. The molecule has 0 atom stereocenters. The van der Waals surface area contributed by atoms with E-state index >= 15 is 0 Å². The van der Waals surface area contributed by atoms with E-state index in [2.05, 4.69) is 10.00 Å². The molecule has 0 radical (unpaired) electrons. The van der Waals surface area contributed by atoms with Crippen molar-refractivity contribution in [3.63, 3.8) is 0 Å². The maximum absolute atomic E-state index is 12.8. The molecule has 1 aliphatic rings. The fraction of sp³-hybridized carbons (Fsp3) is 0.261. The molecule has 7 nitrogen and oxygen atoms in total. The number of ether oxygens (including phenoxy) is 1. The van der Waals surface area contributed by atoms with Gasteiger partial charge in [0.25, 0.3) is 11.5 Å². The molecule has 4 rings (SSSR count). The van der Waals surface area contributed by atoms with E-state index < -0.39 is 0 Å². The molecule has 3 aromatic rings. The zero-order chi connectivity index (χ0) is 21.1. The summed E-state index contributed by atoms with van der Waals surface area (Å²) in [6.07, 6.45) is 0. The predicted molar refractivity (Wildman–Crippen MR) is 116 cm³/mol. The average molecular weight is 404 g/mol. The van der Waals surface area contributed by atoms with Gasteiger partial charge in [-0.15, -0.1) is 5.10 Å². The summed E-state index contributed by atoms with van der Waals surface area (Å²) in [4.78, 5) is 29.1. The molecule has 1 fully saturated rings. The van der Waals surface area contributed by atoms with Crippen LogP contribution in [0.3, 0.4) is 0 Å². The number of anilines is 1. The zero-order valence-corrected chi connectivity index (χ0v) is 17.1. The van der Waals surface area contributed by atoms with Gasteiger partial charge in [0, 0.05) is 37.8 Å². The maximum atomic E-state index is 12.8. The lowest BCUT2D eigenvalue weighted by atomic mass is 10.1. The highest BCUT2D eigenvalue weighted by atomic mass is 16.5. The molecule has 1 aromatic heterocycles. The van der Waals surface area contributed by atoms with Crippen molar-refractivity contribution >= 4 is 11.7 Å². The highest BCUT2D eigenvalue weighted by Crippen LogP contribution is 2.17. The number of hydrogen-bond acceptors (Lipinski definition) is 5. The summed E-state index contributed by atoms with van der Waals surface area (Å²) in [5.41, 5.74) is 2.27. The molecule has 0 N–H and O–H groups in total. The molecule has 1 saturated heterocycles. The topological polar surface area (TPSA) is 67.7 Å². The first-order valence-electron chi connectivity index (χ1n) is 9.91. The Bertz CT molecular complexity index is 1100. The fourth-order valence-electron chi connectivity index (χ4n) is 3.58. The number of carbonyl (C=O) groups excluding carboxylic acids is 1. The summed E-state index contributed by atoms with van der Waals surface area (Å²) in [6, 6.07) is 18.1. The third-order valence-corrected chi connectivity index (χ3v) is 5.26. The first kappa shape index (κ1) is 19.7. The molecule has 0 saturated carbocycles. The number of rotatable bonds is 4. The van der Waals surface area contributed by atoms with Crippen LogP contribution in [-0.2, 0) is 0 Å². The van der Waals surface area contributed by atoms with Gasteiger partial charge in [-0.3, -0.25) is 9.59 Å². The van der Waals surface area contributed by atoms with Crippen LogP contribution >= 0.6 is 0 Å². The minimum absolute atomic E-state index is 0.0505. The van der Waals surface area contributed by atoms with Crippen molar-refractivity contribution in [2.24, 2.45) is 0 Å². The van der Waals surface area contributed by atoms with Gasteiger partial charge in [0.2, 0.25) is 0 Å². The lowest BCUT2D eigenvalue weighted by molar-refractivity contribution is 0.0746. The van der Waals surface area contributed by atoms with E-state index in [0.29, 0.717) is 37.7 Å². The number of piperazine rings is 1. The van der Waals surface area contributed by atoms with Crippen molar-refractivity contribution in [3.8, 4) is 11.4 Å². The summed E-state index contributed by atoms with van der Waals surface area (Å²) < 4.78 is 6.56. The maximum Gasteiger partial charge on any atom is 0.271 e. The minimum Gasteiger partial charge on any atom is -0.497 e. The van der Waals surface area contributed by atoms with Crippen LogP contribution in [0.15, 0.2) is 65.5 Å². The molecule has 1 amide bonds. The van der Waals surface area contributed by atoms with Crippen molar-refractivity contribution in [1.82, 2.24) is 14.7 Å². The molecule has 2 heterocycles. The van der Waals surface area contributed by atoms with E-state index in [-0.39, 0.29) is 11.5 Å². The zero-order valence-electron chi connectivity index (χ0n) is 17.1. The van der Waals surface area contributed by atoms with Gasteiger partial charge in [0.1, 0.15) is 11.6 Å². The van der Waals surface area contributed by atoms with Crippen molar-refractivity contribution in [2.45, 2.75) is 6.92 Å². The van der Waals surface area contributed by atoms with Crippen LogP contribution in [0.4, 0.5) is 5.82 Å². The standard InChI is InChI=1S/C23H24N4O3/c1-17-4-3-5-18(16-17)23(29)26-14-12-25(13-15-26)21-10-11-22(28)27(24-21)19-6-8-20(30-2)9-7-19/h3-11,16H,12-15H2,1-2H3. The summed E-state index contributed by atoms with van der Waals surface area (Å²) in [5, 5.41) is 4.55. The van der Waals surface area contributed by atoms with E-state index in [4.69, 9.17) is 4.74 Å². The Morgan fingerprint density at radius 2 is 1.70 bits per heavy atom. The lowest BCUT2D eigenvalue weighted by Gasteiger charge is -2.35. The third-order valence-electron chi connectivity index (χ3n) is 5.26. The van der Waals surface area contributed by atoms with E-state index in [1.807, 2.05) is 36.1 Å². The third kappa shape index (κ3) is 4.05. The van der Waals surface area contributed by atoms with Crippen molar-refractivity contribution < 1.29 is 9.53 Å². The molecule has 0 bridgehead atoms. The second kappa shape index (κ2) is 8.41. The Kier molecular flexibility index (Phi) is 5.52. The predicted octanol–water partition coefficient (Wildman–Crippen LogP) is 2.51. The van der Waals surface area contributed by atoms with Crippen molar-refractivity contribution in [2.75, 3.05) is 38.2 Å². The Balaban J connectivity index is 1.48. The van der Waals surface area contributed by atoms with Crippen molar-refractivity contribution in [3.05, 3.63) is 82.1 Å². The van der Waals surface area contributed by atoms with Crippen molar-refractivity contribution in [1.29, 1.82) is 0 Å². The number of benzene rings is 2. The van der Waals surface area contributed by atoms with Gasteiger partial charge in [-0.1, -0.05) is 17.7 Å². The Morgan fingerprint density at radius 1 is 0.967 bits per heavy atom. The summed E-state index contributed by atoms with van der Waals surface area (Å²) in [5.74, 6) is 1.49. The largest absolute Gasteiger partial charge is 0.497 e. The van der Waals surface area contributed by atoms with E-state index in [1.165, 1.54) is 10.7 Å². The fourth-order valence-corrected chi connectivity index (χ4v) is 3.58.